The van der Waals surface area contributed by atoms with E-state index >= 15 is 0 Å². The van der Waals surface area contributed by atoms with Crippen LogP contribution in [0.3, 0.4) is 0 Å². The van der Waals surface area contributed by atoms with Gasteiger partial charge in [-0.25, -0.2) is 9.78 Å². The first-order chi connectivity index (χ1) is 12.2. The number of para-hydroxylation sites is 2. The monoisotopic (exact) mass is 356 g/mol. The van der Waals surface area contributed by atoms with Gasteiger partial charge in [0.1, 0.15) is 5.52 Å². The van der Waals surface area contributed by atoms with E-state index in [1.54, 1.807) is 24.3 Å². The molecule has 1 atom stereocenters. The van der Waals surface area contributed by atoms with Crippen LogP contribution < -0.4 is 5.32 Å². The van der Waals surface area contributed by atoms with Crippen LogP contribution in [0.15, 0.2) is 64.2 Å². The average molecular weight is 356 g/mol. The maximum absolute atomic E-state index is 12.2. The highest BCUT2D eigenvalue weighted by atomic mass is 32.2. The summed E-state index contributed by atoms with van der Waals surface area (Å²) in [7, 11) is 1.29. The van der Waals surface area contributed by atoms with Gasteiger partial charge in [-0.2, -0.15) is 0 Å². The summed E-state index contributed by atoms with van der Waals surface area (Å²) in [5, 5.41) is 3.09. The number of fused-ring (bicyclic) bond motifs is 1. The lowest BCUT2D eigenvalue weighted by Crippen LogP contribution is -2.35. The predicted octanol–water partition coefficient (Wildman–Crippen LogP) is 2.95. The molecule has 6 nitrogen and oxygen atoms in total. The molecule has 7 heteroatoms. The molecule has 1 unspecified atom stereocenters. The summed E-state index contributed by atoms with van der Waals surface area (Å²) < 4.78 is 10.3. The van der Waals surface area contributed by atoms with Crippen molar-refractivity contribution >= 4 is 34.7 Å². The number of hydrogen-bond donors (Lipinski definition) is 1. The normalized spacial score (nSPS) is 11.9. The van der Waals surface area contributed by atoms with Crippen LogP contribution in [-0.4, -0.2) is 29.7 Å². The van der Waals surface area contributed by atoms with Gasteiger partial charge >= 0.3 is 5.97 Å². The van der Waals surface area contributed by atoms with Gasteiger partial charge in [-0.1, -0.05) is 54.2 Å². The number of carbonyl (C=O) groups is 2. The van der Waals surface area contributed by atoms with E-state index in [1.165, 1.54) is 18.9 Å². The van der Waals surface area contributed by atoms with Gasteiger partial charge in [-0.05, 0) is 17.7 Å². The topological polar surface area (TPSA) is 81.4 Å². The largest absolute Gasteiger partial charge is 0.467 e. The summed E-state index contributed by atoms with van der Waals surface area (Å²) in [5.74, 6) is -0.759. The standard InChI is InChI=1S/C18H16N2O4S/c1-23-17(22)16(12-7-3-2-4-8-12)20-15(21)11-25-18-19-13-9-5-6-10-14(13)24-18/h2-10,16H,11H2,1H3,(H,20,21). The zero-order valence-electron chi connectivity index (χ0n) is 13.5. The summed E-state index contributed by atoms with van der Waals surface area (Å²) in [6, 6.07) is 15.5. The van der Waals surface area contributed by atoms with Gasteiger partial charge in [0.15, 0.2) is 11.6 Å². The van der Waals surface area contributed by atoms with E-state index in [-0.39, 0.29) is 11.7 Å². The maximum atomic E-state index is 12.2. The lowest BCUT2D eigenvalue weighted by atomic mass is 10.1. The van der Waals surface area contributed by atoms with Crippen LogP contribution in [-0.2, 0) is 14.3 Å². The van der Waals surface area contributed by atoms with Gasteiger partial charge in [0.25, 0.3) is 5.22 Å². The van der Waals surface area contributed by atoms with Crippen molar-refractivity contribution in [3.63, 3.8) is 0 Å². The molecule has 3 rings (SSSR count). The minimum absolute atomic E-state index is 0.0765. The molecule has 0 bridgehead atoms. The van der Waals surface area contributed by atoms with Crippen molar-refractivity contribution in [3.05, 3.63) is 60.2 Å². The molecule has 3 aromatic rings. The number of oxazole rings is 1. The summed E-state index contributed by atoms with van der Waals surface area (Å²) in [6.45, 7) is 0. The summed E-state index contributed by atoms with van der Waals surface area (Å²) in [6.07, 6.45) is 0. The number of rotatable bonds is 6. The fourth-order valence-electron chi connectivity index (χ4n) is 2.28. The molecule has 0 spiro atoms. The SMILES string of the molecule is COC(=O)C(NC(=O)CSc1nc2ccccc2o1)c1ccccc1. The highest BCUT2D eigenvalue weighted by Crippen LogP contribution is 2.23. The Morgan fingerprint density at radius 2 is 1.88 bits per heavy atom. The molecule has 0 fully saturated rings. The Balaban J connectivity index is 1.64. The molecule has 1 heterocycles. The molecule has 0 aliphatic heterocycles. The zero-order valence-corrected chi connectivity index (χ0v) is 14.3. The van der Waals surface area contributed by atoms with E-state index in [4.69, 9.17) is 9.15 Å². The first-order valence-corrected chi connectivity index (χ1v) is 8.56. The zero-order chi connectivity index (χ0) is 17.6. The Morgan fingerprint density at radius 1 is 1.16 bits per heavy atom. The fourth-order valence-corrected chi connectivity index (χ4v) is 2.93. The number of ether oxygens (including phenoxy) is 1. The number of aromatic nitrogens is 1. The lowest BCUT2D eigenvalue weighted by molar-refractivity contribution is -0.145. The van der Waals surface area contributed by atoms with E-state index in [0.29, 0.717) is 16.4 Å². The number of benzene rings is 2. The van der Waals surface area contributed by atoms with Crippen molar-refractivity contribution in [2.75, 3.05) is 12.9 Å². The number of carbonyl (C=O) groups excluding carboxylic acids is 2. The number of esters is 1. The average Bonchev–Trinajstić information content (AvgIpc) is 3.07. The van der Waals surface area contributed by atoms with E-state index in [1.807, 2.05) is 30.3 Å². The van der Waals surface area contributed by atoms with Crippen molar-refractivity contribution in [1.82, 2.24) is 10.3 Å². The Hall–Kier alpha value is -2.80. The summed E-state index contributed by atoms with van der Waals surface area (Å²) in [5.41, 5.74) is 2.07. The Morgan fingerprint density at radius 3 is 2.60 bits per heavy atom. The highest BCUT2D eigenvalue weighted by Gasteiger charge is 2.23. The van der Waals surface area contributed by atoms with Gasteiger partial charge in [0, 0.05) is 0 Å². The second-order valence-electron chi connectivity index (χ2n) is 5.17. The molecule has 0 radical (unpaired) electrons. The molecule has 128 valence electrons. The molecule has 1 N–H and O–H groups in total. The predicted molar refractivity (Wildman–Crippen MR) is 94.1 cm³/mol. The molecule has 0 saturated carbocycles. The van der Waals surface area contributed by atoms with Crippen LogP contribution >= 0.6 is 11.8 Å². The van der Waals surface area contributed by atoms with Crippen molar-refractivity contribution in [2.24, 2.45) is 0 Å². The van der Waals surface area contributed by atoms with Gasteiger partial charge in [0.05, 0.1) is 12.9 Å². The van der Waals surface area contributed by atoms with E-state index in [9.17, 15) is 9.59 Å². The number of nitrogens with zero attached hydrogens (tertiary/aromatic N) is 1. The van der Waals surface area contributed by atoms with Crippen LogP contribution in [0.1, 0.15) is 11.6 Å². The number of nitrogens with one attached hydrogen (secondary N) is 1. The van der Waals surface area contributed by atoms with Gasteiger partial charge in [-0.3, -0.25) is 4.79 Å². The smallest absolute Gasteiger partial charge is 0.333 e. The van der Waals surface area contributed by atoms with Crippen LogP contribution in [0.5, 0.6) is 0 Å². The lowest BCUT2D eigenvalue weighted by Gasteiger charge is -2.16. The fraction of sp³-hybridized carbons (Fsp3) is 0.167. The van der Waals surface area contributed by atoms with Gasteiger partial charge in [0.2, 0.25) is 5.91 Å². The Bertz CT molecular complexity index is 846. The number of amides is 1. The summed E-state index contributed by atoms with van der Waals surface area (Å²) in [4.78, 5) is 28.5. The molecule has 2 aromatic carbocycles. The molecule has 0 aliphatic carbocycles. The molecule has 0 saturated heterocycles. The minimum atomic E-state index is -0.845. The minimum Gasteiger partial charge on any atom is -0.467 e. The molecule has 1 amide bonds. The number of hydrogen-bond acceptors (Lipinski definition) is 6. The van der Waals surface area contributed by atoms with E-state index in [2.05, 4.69) is 10.3 Å². The third-order valence-corrected chi connectivity index (χ3v) is 4.30. The van der Waals surface area contributed by atoms with E-state index in [0.717, 1.165) is 5.52 Å². The Kier molecular flexibility index (Phi) is 5.35. The second kappa shape index (κ2) is 7.85. The van der Waals surface area contributed by atoms with Gasteiger partial charge < -0.3 is 14.5 Å². The number of methoxy groups -OCH3 is 1. The maximum Gasteiger partial charge on any atom is 0.333 e. The van der Waals surface area contributed by atoms with Crippen LogP contribution in [0, 0.1) is 0 Å². The van der Waals surface area contributed by atoms with E-state index < -0.39 is 12.0 Å². The van der Waals surface area contributed by atoms with Crippen LogP contribution in [0.25, 0.3) is 11.1 Å². The molecule has 1 aromatic heterocycles. The quantitative estimate of drug-likeness (QED) is 0.540. The Labute approximate surface area is 148 Å². The van der Waals surface area contributed by atoms with Crippen LogP contribution in [0.2, 0.25) is 0 Å². The first kappa shape index (κ1) is 17.0. The second-order valence-corrected chi connectivity index (χ2v) is 6.10. The number of thioether (sulfide) groups is 1. The van der Waals surface area contributed by atoms with Crippen molar-refractivity contribution in [1.29, 1.82) is 0 Å². The van der Waals surface area contributed by atoms with Crippen molar-refractivity contribution < 1.29 is 18.7 Å². The molecular weight excluding hydrogens is 340 g/mol. The third-order valence-electron chi connectivity index (χ3n) is 3.48. The molecule has 0 aliphatic rings. The third kappa shape index (κ3) is 4.19. The van der Waals surface area contributed by atoms with Crippen molar-refractivity contribution in [2.45, 2.75) is 11.3 Å². The first-order valence-electron chi connectivity index (χ1n) is 7.58. The molecule has 25 heavy (non-hydrogen) atoms. The van der Waals surface area contributed by atoms with Crippen LogP contribution in [0.4, 0.5) is 0 Å². The molecular formula is C18H16N2O4S. The summed E-state index contributed by atoms with van der Waals surface area (Å²) >= 11 is 1.17. The highest BCUT2D eigenvalue weighted by molar-refractivity contribution is 7.99. The van der Waals surface area contributed by atoms with Crippen molar-refractivity contribution in [3.8, 4) is 0 Å². The van der Waals surface area contributed by atoms with Gasteiger partial charge in [-0.15, -0.1) is 0 Å².